The van der Waals surface area contributed by atoms with Gasteiger partial charge >= 0.3 is 0 Å². The average Bonchev–Trinajstić information content (AvgIpc) is 2.58. The van der Waals surface area contributed by atoms with Crippen molar-refractivity contribution in [2.45, 2.75) is 19.8 Å². The predicted octanol–water partition coefficient (Wildman–Crippen LogP) is 5.57. The summed E-state index contributed by atoms with van der Waals surface area (Å²) in [4.78, 5) is 12.2. The molecule has 0 saturated heterocycles. The van der Waals surface area contributed by atoms with Crippen LogP contribution in [0.5, 0.6) is 0 Å². The van der Waals surface area contributed by atoms with Crippen molar-refractivity contribution in [2.75, 3.05) is 10.6 Å². The van der Waals surface area contributed by atoms with Crippen LogP contribution in [0.3, 0.4) is 0 Å². The van der Waals surface area contributed by atoms with E-state index in [2.05, 4.69) is 24.5 Å². The first kappa shape index (κ1) is 18.9. The molecule has 1 amide bonds. The number of anilines is 2. The van der Waals surface area contributed by atoms with Crippen LogP contribution < -0.4 is 10.6 Å². The summed E-state index contributed by atoms with van der Waals surface area (Å²) in [5, 5.41) is 15.5. The summed E-state index contributed by atoms with van der Waals surface area (Å²) in [5.74, 6) is -0.112. The highest BCUT2D eigenvalue weighted by Gasteiger charge is 2.11. The Hall–Kier alpha value is -2.48. The van der Waals surface area contributed by atoms with E-state index in [0.29, 0.717) is 27.3 Å². The molecule has 2 aromatic rings. The largest absolute Gasteiger partial charge is 0.358 e. The molecule has 0 aliphatic heterocycles. The van der Waals surface area contributed by atoms with Crippen LogP contribution in [0, 0.1) is 11.3 Å². The number of hydrogen-bond acceptors (Lipinski definition) is 3. The van der Waals surface area contributed by atoms with Crippen molar-refractivity contribution in [3.63, 3.8) is 0 Å². The van der Waals surface area contributed by atoms with Crippen molar-refractivity contribution in [1.82, 2.24) is 0 Å². The molecular formula is C19H17Cl2N3O. The van der Waals surface area contributed by atoms with Gasteiger partial charge < -0.3 is 10.6 Å². The summed E-state index contributed by atoms with van der Waals surface area (Å²) in [6, 6.07) is 14.4. The second kappa shape index (κ2) is 8.57. The lowest BCUT2D eigenvalue weighted by Gasteiger charge is -2.09. The molecule has 0 aliphatic carbocycles. The summed E-state index contributed by atoms with van der Waals surface area (Å²) >= 11 is 12.1. The normalized spacial score (nSPS) is 11.1. The van der Waals surface area contributed by atoms with Gasteiger partial charge in [0.15, 0.2) is 0 Å². The summed E-state index contributed by atoms with van der Waals surface area (Å²) in [5.41, 5.74) is 2.13. The maximum atomic E-state index is 12.2. The third kappa shape index (κ3) is 4.99. The van der Waals surface area contributed by atoms with Gasteiger partial charge in [-0.3, -0.25) is 4.79 Å². The van der Waals surface area contributed by atoms with Gasteiger partial charge in [0.1, 0.15) is 11.6 Å². The number of nitriles is 1. The summed E-state index contributed by atoms with van der Waals surface area (Å²) in [6.07, 6.45) is 1.28. The number of nitrogens with zero attached hydrogens (tertiary/aromatic N) is 1. The molecule has 0 heterocycles. The van der Waals surface area contributed by atoms with E-state index < -0.39 is 5.91 Å². The fraction of sp³-hybridized carbons (Fsp3) is 0.158. The maximum Gasteiger partial charge on any atom is 0.267 e. The molecule has 0 spiro atoms. The Morgan fingerprint density at radius 2 is 1.72 bits per heavy atom. The van der Waals surface area contributed by atoms with Gasteiger partial charge in [0, 0.05) is 11.9 Å². The Morgan fingerprint density at radius 3 is 2.24 bits per heavy atom. The van der Waals surface area contributed by atoms with Crippen LogP contribution in [0.25, 0.3) is 0 Å². The van der Waals surface area contributed by atoms with Crippen LogP contribution in [-0.2, 0) is 4.79 Å². The number of carbonyl (C=O) groups is 1. The molecule has 0 atom stereocenters. The van der Waals surface area contributed by atoms with Gasteiger partial charge in [0.2, 0.25) is 0 Å². The van der Waals surface area contributed by atoms with Crippen molar-refractivity contribution in [3.8, 4) is 6.07 Å². The van der Waals surface area contributed by atoms with E-state index >= 15 is 0 Å². The summed E-state index contributed by atoms with van der Waals surface area (Å²) < 4.78 is 0. The second-order valence-corrected chi connectivity index (χ2v) is 6.46. The van der Waals surface area contributed by atoms with E-state index in [9.17, 15) is 10.1 Å². The summed E-state index contributed by atoms with van der Waals surface area (Å²) in [6.45, 7) is 4.19. The van der Waals surface area contributed by atoms with Crippen molar-refractivity contribution >= 4 is 40.5 Å². The van der Waals surface area contributed by atoms with Crippen LogP contribution in [0.1, 0.15) is 25.3 Å². The van der Waals surface area contributed by atoms with E-state index in [1.165, 1.54) is 11.8 Å². The van der Waals surface area contributed by atoms with E-state index in [1.54, 1.807) is 30.3 Å². The van der Waals surface area contributed by atoms with Gasteiger partial charge in [0.05, 0.1) is 15.7 Å². The number of halogens is 2. The lowest BCUT2D eigenvalue weighted by molar-refractivity contribution is -0.112. The molecule has 4 nitrogen and oxygen atoms in total. The van der Waals surface area contributed by atoms with Gasteiger partial charge in [-0.1, -0.05) is 55.2 Å². The predicted molar refractivity (Wildman–Crippen MR) is 103 cm³/mol. The Labute approximate surface area is 157 Å². The summed E-state index contributed by atoms with van der Waals surface area (Å²) in [7, 11) is 0. The van der Waals surface area contributed by atoms with E-state index in [-0.39, 0.29) is 5.57 Å². The molecule has 0 saturated carbocycles. The van der Waals surface area contributed by atoms with Gasteiger partial charge in [-0.25, -0.2) is 0 Å². The molecule has 0 unspecified atom stereocenters. The zero-order valence-corrected chi connectivity index (χ0v) is 15.3. The minimum atomic E-state index is -0.518. The number of rotatable bonds is 5. The Kier molecular flexibility index (Phi) is 6.46. The van der Waals surface area contributed by atoms with E-state index in [1.807, 2.05) is 18.2 Å². The highest BCUT2D eigenvalue weighted by molar-refractivity contribution is 6.39. The highest BCUT2D eigenvalue weighted by atomic mass is 35.5. The van der Waals surface area contributed by atoms with Crippen LogP contribution in [0.15, 0.2) is 54.2 Å². The first-order valence-corrected chi connectivity index (χ1v) is 8.40. The van der Waals surface area contributed by atoms with Crippen molar-refractivity contribution < 1.29 is 4.79 Å². The second-order valence-electron chi connectivity index (χ2n) is 5.64. The van der Waals surface area contributed by atoms with Crippen LogP contribution in [0.2, 0.25) is 10.0 Å². The standard InChI is InChI=1S/C19H17Cl2N3O/c1-12(2)13-6-8-15(9-7-13)24-19(25)14(10-22)11-23-18-16(20)4-3-5-17(18)21/h3-9,11-12,23H,1-2H3,(H,24,25)/b14-11-. The first-order chi connectivity index (χ1) is 11.9. The number of para-hydroxylation sites is 1. The Bertz CT molecular complexity index is 816. The molecule has 0 aliphatic rings. The topological polar surface area (TPSA) is 64.9 Å². The minimum absolute atomic E-state index is 0.0936. The third-order valence-electron chi connectivity index (χ3n) is 3.52. The Balaban J connectivity index is 2.11. The van der Waals surface area contributed by atoms with Gasteiger partial charge in [-0.05, 0) is 35.7 Å². The molecule has 25 heavy (non-hydrogen) atoms. The molecule has 2 aromatic carbocycles. The quantitative estimate of drug-likeness (QED) is 0.531. The zero-order chi connectivity index (χ0) is 18.4. The lowest BCUT2D eigenvalue weighted by atomic mass is 10.0. The molecule has 0 radical (unpaired) electrons. The number of nitrogens with one attached hydrogen (secondary N) is 2. The Morgan fingerprint density at radius 1 is 1.12 bits per heavy atom. The zero-order valence-electron chi connectivity index (χ0n) is 13.8. The minimum Gasteiger partial charge on any atom is -0.358 e. The van der Waals surface area contributed by atoms with Crippen LogP contribution >= 0.6 is 23.2 Å². The van der Waals surface area contributed by atoms with Crippen molar-refractivity contribution in [2.24, 2.45) is 0 Å². The van der Waals surface area contributed by atoms with Gasteiger partial charge in [-0.2, -0.15) is 5.26 Å². The number of carbonyl (C=O) groups excluding carboxylic acids is 1. The van der Waals surface area contributed by atoms with Gasteiger partial charge in [0.25, 0.3) is 5.91 Å². The smallest absolute Gasteiger partial charge is 0.267 e. The number of benzene rings is 2. The average molecular weight is 374 g/mol. The number of amides is 1. The molecule has 0 bridgehead atoms. The maximum absolute atomic E-state index is 12.2. The molecule has 2 rings (SSSR count). The monoisotopic (exact) mass is 373 g/mol. The van der Waals surface area contributed by atoms with E-state index in [0.717, 1.165) is 0 Å². The molecule has 6 heteroatoms. The third-order valence-corrected chi connectivity index (χ3v) is 4.15. The SMILES string of the molecule is CC(C)c1ccc(NC(=O)/C(C#N)=C\Nc2c(Cl)cccc2Cl)cc1. The number of hydrogen-bond donors (Lipinski definition) is 2. The fourth-order valence-corrected chi connectivity index (χ4v) is 2.58. The molecule has 128 valence electrons. The van der Waals surface area contributed by atoms with Gasteiger partial charge in [-0.15, -0.1) is 0 Å². The molecule has 0 fully saturated rings. The highest BCUT2D eigenvalue weighted by Crippen LogP contribution is 2.29. The first-order valence-electron chi connectivity index (χ1n) is 7.64. The lowest BCUT2D eigenvalue weighted by Crippen LogP contribution is -2.14. The van der Waals surface area contributed by atoms with Crippen LogP contribution in [0.4, 0.5) is 11.4 Å². The molecule has 0 aromatic heterocycles. The van der Waals surface area contributed by atoms with Crippen molar-refractivity contribution in [3.05, 3.63) is 69.8 Å². The fourth-order valence-electron chi connectivity index (χ4n) is 2.08. The van der Waals surface area contributed by atoms with Crippen molar-refractivity contribution in [1.29, 1.82) is 5.26 Å². The van der Waals surface area contributed by atoms with E-state index in [4.69, 9.17) is 23.2 Å². The molecule has 2 N–H and O–H groups in total. The molecular weight excluding hydrogens is 357 g/mol. The van der Waals surface area contributed by atoms with Crippen LogP contribution in [-0.4, -0.2) is 5.91 Å².